The summed E-state index contributed by atoms with van der Waals surface area (Å²) < 4.78 is 0. The maximum absolute atomic E-state index is 12.8. The van der Waals surface area contributed by atoms with Crippen molar-refractivity contribution in [2.24, 2.45) is 11.3 Å². The first-order valence-corrected chi connectivity index (χ1v) is 9.19. The van der Waals surface area contributed by atoms with Crippen LogP contribution in [0.5, 0.6) is 0 Å². The van der Waals surface area contributed by atoms with Gasteiger partial charge in [-0.15, -0.1) is 12.4 Å². The van der Waals surface area contributed by atoms with E-state index in [1.165, 1.54) is 0 Å². The van der Waals surface area contributed by atoms with E-state index in [-0.39, 0.29) is 35.7 Å². The maximum Gasteiger partial charge on any atom is 0.242 e. The fraction of sp³-hybridized carbons (Fsp3) is 0.889. The smallest absolute Gasteiger partial charge is 0.242 e. The number of rotatable bonds is 6. The molecule has 2 heterocycles. The highest BCUT2D eigenvalue weighted by Gasteiger charge is 2.33. The lowest BCUT2D eigenvalue weighted by Gasteiger charge is -2.37. The monoisotopic (exact) mass is 359 g/mol. The number of nitrogens with zero attached hydrogens (tertiary/aromatic N) is 1. The average molecular weight is 360 g/mol. The quantitative estimate of drug-likeness (QED) is 0.765. The molecule has 24 heavy (non-hydrogen) atoms. The van der Waals surface area contributed by atoms with Gasteiger partial charge in [0.15, 0.2) is 0 Å². The molecule has 0 spiro atoms. The molecule has 2 amide bonds. The molecule has 2 aliphatic rings. The number of hydrogen-bond acceptors (Lipinski definition) is 3. The lowest BCUT2D eigenvalue weighted by molar-refractivity contribution is -0.143. The molecule has 1 unspecified atom stereocenters. The molecule has 0 aliphatic carbocycles. The van der Waals surface area contributed by atoms with Crippen molar-refractivity contribution < 1.29 is 9.59 Å². The summed E-state index contributed by atoms with van der Waals surface area (Å²) in [6, 6.07) is -0.298. The van der Waals surface area contributed by atoms with E-state index in [9.17, 15) is 9.59 Å². The van der Waals surface area contributed by atoms with Crippen molar-refractivity contribution in [2.45, 2.75) is 65.3 Å². The molecule has 0 bridgehead atoms. The molecule has 0 saturated carbocycles. The zero-order chi connectivity index (χ0) is 16.9. The van der Waals surface area contributed by atoms with Gasteiger partial charge in [-0.1, -0.05) is 20.8 Å². The van der Waals surface area contributed by atoms with E-state index in [1.54, 1.807) is 0 Å². The molecular weight excluding hydrogens is 326 g/mol. The molecule has 2 N–H and O–H groups in total. The summed E-state index contributed by atoms with van der Waals surface area (Å²) in [6.45, 7) is 9.96. The molecule has 2 fully saturated rings. The van der Waals surface area contributed by atoms with Crippen molar-refractivity contribution in [3.63, 3.8) is 0 Å². The molecule has 2 saturated heterocycles. The number of amides is 2. The Morgan fingerprint density at radius 3 is 2.54 bits per heavy atom. The Hall–Kier alpha value is -0.810. The van der Waals surface area contributed by atoms with E-state index in [0.717, 1.165) is 51.7 Å². The molecule has 0 aromatic carbocycles. The highest BCUT2D eigenvalue weighted by atomic mass is 35.5. The van der Waals surface area contributed by atoms with Crippen molar-refractivity contribution in [3.8, 4) is 0 Å². The van der Waals surface area contributed by atoms with E-state index in [0.29, 0.717) is 18.9 Å². The average Bonchev–Trinajstić information content (AvgIpc) is 2.52. The summed E-state index contributed by atoms with van der Waals surface area (Å²) in [7, 11) is 0. The minimum atomic E-state index is -0.298. The predicted molar refractivity (Wildman–Crippen MR) is 99.3 cm³/mol. The van der Waals surface area contributed by atoms with Gasteiger partial charge in [-0.3, -0.25) is 9.59 Å². The Morgan fingerprint density at radius 2 is 1.96 bits per heavy atom. The van der Waals surface area contributed by atoms with Crippen LogP contribution in [0, 0.1) is 11.3 Å². The maximum atomic E-state index is 12.8. The van der Waals surface area contributed by atoms with Crippen molar-refractivity contribution >= 4 is 24.2 Å². The van der Waals surface area contributed by atoms with Crippen LogP contribution < -0.4 is 10.6 Å². The lowest BCUT2D eigenvalue weighted by atomic mass is 9.81. The fourth-order valence-corrected chi connectivity index (χ4v) is 3.60. The van der Waals surface area contributed by atoms with Crippen molar-refractivity contribution in [2.75, 3.05) is 26.2 Å². The first-order valence-electron chi connectivity index (χ1n) is 9.19. The van der Waals surface area contributed by atoms with Gasteiger partial charge in [0.25, 0.3) is 0 Å². The second-order valence-corrected chi connectivity index (χ2v) is 7.97. The van der Waals surface area contributed by atoms with Crippen LogP contribution in [0.3, 0.4) is 0 Å². The zero-order valence-electron chi connectivity index (χ0n) is 15.4. The Morgan fingerprint density at radius 1 is 1.29 bits per heavy atom. The largest absolute Gasteiger partial charge is 0.354 e. The molecule has 140 valence electrons. The third kappa shape index (κ3) is 5.92. The first kappa shape index (κ1) is 21.2. The number of carbonyl (C=O) groups is 2. The van der Waals surface area contributed by atoms with Gasteiger partial charge in [-0.2, -0.15) is 0 Å². The molecule has 2 rings (SSSR count). The summed E-state index contributed by atoms with van der Waals surface area (Å²) in [5.41, 5.74) is 0.176. The van der Waals surface area contributed by atoms with Gasteiger partial charge >= 0.3 is 0 Å². The van der Waals surface area contributed by atoms with Crippen LogP contribution in [-0.2, 0) is 9.59 Å². The third-order valence-corrected chi connectivity index (χ3v) is 5.23. The fourth-order valence-electron chi connectivity index (χ4n) is 3.60. The SMILES string of the molecule is CC(C)CC(C(=O)NCC1(C)CCNCC1)N1CCCCC1=O.Cl. The van der Waals surface area contributed by atoms with Crippen LogP contribution in [0.25, 0.3) is 0 Å². The second-order valence-electron chi connectivity index (χ2n) is 7.97. The van der Waals surface area contributed by atoms with E-state index in [4.69, 9.17) is 0 Å². The van der Waals surface area contributed by atoms with E-state index >= 15 is 0 Å². The number of piperidine rings is 2. The third-order valence-electron chi connectivity index (χ3n) is 5.23. The molecule has 6 heteroatoms. The van der Waals surface area contributed by atoms with E-state index in [2.05, 4.69) is 31.4 Å². The van der Waals surface area contributed by atoms with Gasteiger partial charge in [-0.25, -0.2) is 0 Å². The number of halogens is 1. The van der Waals surface area contributed by atoms with Crippen LogP contribution in [-0.4, -0.2) is 48.9 Å². The van der Waals surface area contributed by atoms with Gasteiger partial charge in [0.1, 0.15) is 6.04 Å². The number of likely N-dealkylation sites (tertiary alicyclic amines) is 1. The molecule has 2 aliphatic heterocycles. The van der Waals surface area contributed by atoms with Crippen molar-refractivity contribution in [3.05, 3.63) is 0 Å². The summed E-state index contributed by atoms with van der Waals surface area (Å²) in [5.74, 6) is 0.578. The minimum absolute atomic E-state index is 0. The van der Waals surface area contributed by atoms with Crippen LogP contribution in [0.1, 0.15) is 59.3 Å². The lowest BCUT2D eigenvalue weighted by Crippen LogP contribution is -2.53. The Balaban J connectivity index is 0.00000288. The highest BCUT2D eigenvalue weighted by molar-refractivity contribution is 5.88. The number of hydrogen-bond donors (Lipinski definition) is 2. The number of carbonyl (C=O) groups excluding carboxylic acids is 2. The van der Waals surface area contributed by atoms with Crippen LogP contribution >= 0.6 is 12.4 Å². The summed E-state index contributed by atoms with van der Waals surface area (Å²) in [4.78, 5) is 26.8. The number of nitrogens with one attached hydrogen (secondary N) is 2. The van der Waals surface area contributed by atoms with Gasteiger partial charge in [0.05, 0.1) is 0 Å². The Bertz CT molecular complexity index is 422. The van der Waals surface area contributed by atoms with Crippen LogP contribution in [0.4, 0.5) is 0 Å². The molecule has 5 nitrogen and oxygen atoms in total. The molecule has 0 radical (unpaired) electrons. The summed E-state index contributed by atoms with van der Waals surface area (Å²) in [6.07, 6.45) is 5.48. The van der Waals surface area contributed by atoms with Gasteiger partial charge in [-0.05, 0) is 56.5 Å². The summed E-state index contributed by atoms with van der Waals surface area (Å²) >= 11 is 0. The summed E-state index contributed by atoms with van der Waals surface area (Å²) in [5, 5.41) is 6.52. The predicted octanol–water partition coefficient (Wildman–Crippen LogP) is 2.34. The van der Waals surface area contributed by atoms with Crippen molar-refractivity contribution in [1.29, 1.82) is 0 Å². The highest BCUT2D eigenvalue weighted by Crippen LogP contribution is 2.27. The zero-order valence-corrected chi connectivity index (χ0v) is 16.2. The first-order chi connectivity index (χ1) is 10.9. The molecule has 1 atom stereocenters. The molecule has 0 aromatic rings. The van der Waals surface area contributed by atoms with Crippen LogP contribution in [0.15, 0.2) is 0 Å². The van der Waals surface area contributed by atoms with Crippen molar-refractivity contribution in [1.82, 2.24) is 15.5 Å². The Labute approximate surface area is 152 Å². The second kappa shape index (κ2) is 9.62. The standard InChI is InChI=1S/C18H33N3O2.ClH/c1-14(2)12-15(21-11-5-4-6-16(21)22)17(23)20-13-18(3)7-9-19-10-8-18;/h14-15,19H,4-13H2,1-3H3,(H,20,23);1H. The normalized spacial score (nSPS) is 22.0. The Kier molecular flexibility index (Phi) is 8.51. The van der Waals surface area contributed by atoms with Gasteiger partial charge in [0, 0.05) is 19.5 Å². The van der Waals surface area contributed by atoms with Gasteiger partial charge < -0.3 is 15.5 Å². The minimum Gasteiger partial charge on any atom is -0.354 e. The van der Waals surface area contributed by atoms with Crippen LogP contribution in [0.2, 0.25) is 0 Å². The van der Waals surface area contributed by atoms with E-state index in [1.807, 2.05) is 4.90 Å². The molecule has 0 aromatic heterocycles. The van der Waals surface area contributed by atoms with Gasteiger partial charge in [0.2, 0.25) is 11.8 Å². The molecular formula is C18H34ClN3O2. The van der Waals surface area contributed by atoms with E-state index < -0.39 is 0 Å². The topological polar surface area (TPSA) is 61.4 Å².